The summed E-state index contributed by atoms with van der Waals surface area (Å²) >= 11 is 0. The highest BCUT2D eigenvalue weighted by molar-refractivity contribution is 5.41. The molecule has 14 heavy (non-hydrogen) atoms. The molecule has 3 heteroatoms. The van der Waals surface area contributed by atoms with Crippen molar-refractivity contribution in [3.05, 3.63) is 46.5 Å². The van der Waals surface area contributed by atoms with E-state index in [0.717, 1.165) is 0 Å². The van der Waals surface area contributed by atoms with Gasteiger partial charge in [-0.05, 0) is 23.6 Å². The Kier molecular flexibility index (Phi) is 2.08. The van der Waals surface area contributed by atoms with Crippen LogP contribution in [0.15, 0.2) is 35.4 Å². The first-order valence-corrected chi connectivity index (χ1v) is 4.66. The second kappa shape index (κ2) is 3.25. The molecule has 0 spiro atoms. The molecular weight excluding hydrogens is 176 g/mol. The third-order valence-corrected chi connectivity index (χ3v) is 2.29. The fourth-order valence-electron chi connectivity index (χ4n) is 1.41. The lowest BCUT2D eigenvalue weighted by Crippen LogP contribution is -2.12. The van der Waals surface area contributed by atoms with Gasteiger partial charge in [0.2, 0.25) is 0 Å². The number of hydrogen-bond acceptors (Lipinski definition) is 2. The standard InChI is InChI=1S/C11H12N2O/c1-8(2)9-4-6-13-10(7-9)12-5-3-11(13)14/h3-8H,1-2H3. The van der Waals surface area contributed by atoms with Gasteiger partial charge < -0.3 is 0 Å². The van der Waals surface area contributed by atoms with Gasteiger partial charge in [-0.3, -0.25) is 9.20 Å². The van der Waals surface area contributed by atoms with Crippen LogP contribution in [0.1, 0.15) is 25.3 Å². The summed E-state index contributed by atoms with van der Waals surface area (Å²) in [4.78, 5) is 15.5. The van der Waals surface area contributed by atoms with Gasteiger partial charge in [-0.2, -0.15) is 0 Å². The quantitative estimate of drug-likeness (QED) is 0.684. The first-order valence-electron chi connectivity index (χ1n) is 4.66. The van der Waals surface area contributed by atoms with E-state index in [1.165, 1.54) is 11.6 Å². The SMILES string of the molecule is CC(C)c1ccn2c(=O)ccnc2c1. The average molecular weight is 188 g/mol. The van der Waals surface area contributed by atoms with Crippen molar-refractivity contribution in [1.82, 2.24) is 9.38 Å². The van der Waals surface area contributed by atoms with Gasteiger partial charge in [0.15, 0.2) is 0 Å². The zero-order chi connectivity index (χ0) is 10.1. The fourth-order valence-corrected chi connectivity index (χ4v) is 1.41. The molecule has 0 saturated heterocycles. The summed E-state index contributed by atoms with van der Waals surface area (Å²) in [5.74, 6) is 0.456. The maximum absolute atomic E-state index is 11.4. The molecule has 0 fully saturated rings. The van der Waals surface area contributed by atoms with Crippen LogP contribution in [0.4, 0.5) is 0 Å². The molecule has 3 nitrogen and oxygen atoms in total. The Bertz CT molecular complexity index is 514. The topological polar surface area (TPSA) is 34.4 Å². The van der Waals surface area contributed by atoms with Crippen LogP contribution >= 0.6 is 0 Å². The van der Waals surface area contributed by atoms with Gasteiger partial charge in [-0.15, -0.1) is 0 Å². The number of nitrogens with zero attached hydrogens (tertiary/aromatic N) is 2. The highest BCUT2D eigenvalue weighted by Crippen LogP contribution is 2.14. The van der Waals surface area contributed by atoms with Crippen LogP contribution in [0.5, 0.6) is 0 Å². The Morgan fingerprint density at radius 3 is 2.86 bits per heavy atom. The van der Waals surface area contributed by atoms with Crippen molar-refractivity contribution in [3.8, 4) is 0 Å². The van der Waals surface area contributed by atoms with E-state index in [1.807, 2.05) is 12.1 Å². The highest BCUT2D eigenvalue weighted by Gasteiger charge is 2.01. The largest absolute Gasteiger partial charge is 0.269 e. The Balaban J connectivity index is 2.74. The second-order valence-corrected chi connectivity index (χ2v) is 3.63. The first-order chi connectivity index (χ1) is 6.68. The molecule has 0 amide bonds. The lowest BCUT2D eigenvalue weighted by molar-refractivity contribution is 0.859. The highest BCUT2D eigenvalue weighted by atomic mass is 16.1. The third kappa shape index (κ3) is 1.41. The molecule has 2 rings (SSSR count). The van der Waals surface area contributed by atoms with Crippen molar-refractivity contribution in [2.24, 2.45) is 0 Å². The van der Waals surface area contributed by atoms with Gasteiger partial charge in [0, 0.05) is 18.5 Å². The molecular formula is C11H12N2O. The Morgan fingerprint density at radius 1 is 1.36 bits per heavy atom. The summed E-state index contributed by atoms with van der Waals surface area (Å²) in [5, 5.41) is 0. The normalized spacial score (nSPS) is 11.1. The second-order valence-electron chi connectivity index (χ2n) is 3.63. The average Bonchev–Trinajstić information content (AvgIpc) is 2.17. The molecule has 0 aliphatic heterocycles. The molecule has 2 aromatic heterocycles. The van der Waals surface area contributed by atoms with Gasteiger partial charge in [-0.1, -0.05) is 13.8 Å². The fraction of sp³-hybridized carbons (Fsp3) is 0.273. The third-order valence-electron chi connectivity index (χ3n) is 2.29. The maximum Gasteiger partial charge on any atom is 0.257 e. The molecule has 0 N–H and O–H groups in total. The zero-order valence-electron chi connectivity index (χ0n) is 8.27. The molecule has 2 heterocycles. The van der Waals surface area contributed by atoms with Crippen LogP contribution in [-0.2, 0) is 0 Å². The molecule has 0 aliphatic carbocycles. The lowest BCUT2D eigenvalue weighted by Gasteiger charge is -2.06. The molecule has 72 valence electrons. The van der Waals surface area contributed by atoms with Crippen molar-refractivity contribution in [2.75, 3.05) is 0 Å². The van der Waals surface area contributed by atoms with E-state index in [-0.39, 0.29) is 5.56 Å². The number of rotatable bonds is 1. The number of pyridine rings is 1. The van der Waals surface area contributed by atoms with E-state index in [2.05, 4.69) is 18.8 Å². The predicted octanol–water partition coefficient (Wildman–Crippen LogP) is 1.82. The van der Waals surface area contributed by atoms with E-state index in [9.17, 15) is 4.79 Å². The van der Waals surface area contributed by atoms with Crippen LogP contribution in [0.3, 0.4) is 0 Å². The van der Waals surface area contributed by atoms with Gasteiger partial charge in [-0.25, -0.2) is 4.98 Å². The van der Waals surface area contributed by atoms with Gasteiger partial charge >= 0.3 is 0 Å². The number of hydrogen-bond donors (Lipinski definition) is 0. The summed E-state index contributed by atoms with van der Waals surface area (Å²) in [5.41, 5.74) is 1.87. The summed E-state index contributed by atoms with van der Waals surface area (Å²) < 4.78 is 1.55. The summed E-state index contributed by atoms with van der Waals surface area (Å²) in [6.45, 7) is 4.24. The van der Waals surface area contributed by atoms with E-state index < -0.39 is 0 Å². The zero-order valence-corrected chi connectivity index (χ0v) is 8.27. The van der Waals surface area contributed by atoms with Crippen LogP contribution < -0.4 is 5.56 Å². The lowest BCUT2D eigenvalue weighted by atomic mass is 10.1. The van der Waals surface area contributed by atoms with Gasteiger partial charge in [0.05, 0.1) is 0 Å². The number of fused-ring (bicyclic) bond motifs is 1. The van der Waals surface area contributed by atoms with Crippen LogP contribution in [0, 0.1) is 0 Å². The maximum atomic E-state index is 11.4. The van der Waals surface area contributed by atoms with Gasteiger partial charge in [0.25, 0.3) is 5.56 Å². The Morgan fingerprint density at radius 2 is 2.14 bits per heavy atom. The number of aromatic nitrogens is 2. The van der Waals surface area contributed by atoms with Crippen molar-refractivity contribution < 1.29 is 0 Å². The predicted molar refractivity (Wildman–Crippen MR) is 55.6 cm³/mol. The smallest absolute Gasteiger partial charge is 0.257 e. The molecule has 0 aliphatic rings. The molecule has 0 unspecified atom stereocenters. The van der Waals surface area contributed by atoms with Crippen LogP contribution in [0.25, 0.3) is 5.65 Å². The van der Waals surface area contributed by atoms with E-state index in [4.69, 9.17) is 0 Å². The summed E-state index contributed by atoms with van der Waals surface area (Å²) in [7, 11) is 0. The molecule has 0 bridgehead atoms. The summed E-state index contributed by atoms with van der Waals surface area (Å²) in [6.07, 6.45) is 3.32. The van der Waals surface area contributed by atoms with Crippen molar-refractivity contribution in [1.29, 1.82) is 0 Å². The molecule has 0 radical (unpaired) electrons. The van der Waals surface area contributed by atoms with Crippen molar-refractivity contribution in [2.45, 2.75) is 19.8 Å². The molecule has 0 atom stereocenters. The Hall–Kier alpha value is -1.64. The minimum atomic E-state index is -0.0368. The van der Waals surface area contributed by atoms with Crippen molar-refractivity contribution >= 4 is 5.65 Å². The Labute approximate surface area is 82.0 Å². The summed E-state index contributed by atoms with van der Waals surface area (Å²) in [6, 6.07) is 5.37. The van der Waals surface area contributed by atoms with E-state index in [1.54, 1.807) is 16.8 Å². The van der Waals surface area contributed by atoms with Gasteiger partial charge in [0.1, 0.15) is 5.65 Å². The minimum absolute atomic E-state index is 0.0368. The molecule has 0 aromatic carbocycles. The minimum Gasteiger partial charge on any atom is -0.269 e. The monoisotopic (exact) mass is 188 g/mol. The van der Waals surface area contributed by atoms with E-state index in [0.29, 0.717) is 11.6 Å². The van der Waals surface area contributed by atoms with Crippen LogP contribution in [-0.4, -0.2) is 9.38 Å². The van der Waals surface area contributed by atoms with E-state index >= 15 is 0 Å². The first kappa shape index (κ1) is 8.94. The van der Waals surface area contributed by atoms with Crippen LogP contribution in [0.2, 0.25) is 0 Å². The van der Waals surface area contributed by atoms with Crippen molar-refractivity contribution in [3.63, 3.8) is 0 Å². The molecule has 2 aromatic rings. The molecule has 0 saturated carbocycles.